The molecule has 0 heterocycles. The van der Waals surface area contributed by atoms with Gasteiger partial charge in [0.05, 0.1) is 12.7 Å². The van der Waals surface area contributed by atoms with Crippen LogP contribution < -0.4 is 10.5 Å². The molecule has 0 fully saturated rings. The van der Waals surface area contributed by atoms with Crippen LogP contribution in [0.15, 0.2) is 78.9 Å². The zero-order chi connectivity index (χ0) is 20.7. The Hall–Kier alpha value is -2.62. The van der Waals surface area contributed by atoms with E-state index < -0.39 is 11.6 Å². The molecule has 29 heavy (non-hydrogen) atoms. The van der Waals surface area contributed by atoms with E-state index in [0.717, 1.165) is 25.0 Å². The highest BCUT2D eigenvalue weighted by molar-refractivity contribution is 5.63. The summed E-state index contributed by atoms with van der Waals surface area (Å²) in [4.78, 5) is 0. The second kappa shape index (κ2) is 9.73. The lowest BCUT2D eigenvalue weighted by Crippen LogP contribution is -2.46. The Morgan fingerprint density at radius 3 is 2.00 bits per heavy atom. The number of aliphatic hydroxyl groups excluding tert-OH is 1. The van der Waals surface area contributed by atoms with Gasteiger partial charge < -0.3 is 15.6 Å². The lowest BCUT2D eigenvalue weighted by molar-refractivity contribution is 0.106. The summed E-state index contributed by atoms with van der Waals surface area (Å²) in [5.41, 5.74) is 10.5. The van der Waals surface area contributed by atoms with E-state index >= 15 is 0 Å². The first-order chi connectivity index (χ1) is 13.9. The average Bonchev–Trinajstić information content (AvgIpc) is 2.74. The summed E-state index contributed by atoms with van der Waals surface area (Å²) in [6, 6.07) is 27.2. The van der Waals surface area contributed by atoms with Crippen molar-refractivity contribution < 1.29 is 9.84 Å². The van der Waals surface area contributed by atoms with Crippen molar-refractivity contribution in [1.29, 1.82) is 0 Å². The van der Waals surface area contributed by atoms with E-state index in [1.54, 1.807) is 6.92 Å². The molecule has 0 aliphatic rings. The molecule has 3 heteroatoms. The maximum atomic E-state index is 9.72. The number of rotatable bonds is 9. The fourth-order valence-electron chi connectivity index (χ4n) is 3.16. The van der Waals surface area contributed by atoms with Crippen molar-refractivity contribution in [2.75, 3.05) is 6.61 Å². The third-order valence-electron chi connectivity index (χ3n) is 5.55. The quantitative estimate of drug-likeness (QED) is 0.541. The van der Waals surface area contributed by atoms with E-state index in [1.165, 1.54) is 22.3 Å². The number of ether oxygens (including phenoxy) is 1. The van der Waals surface area contributed by atoms with Crippen molar-refractivity contribution in [2.45, 2.75) is 44.8 Å². The van der Waals surface area contributed by atoms with E-state index in [2.05, 4.69) is 60.7 Å². The van der Waals surface area contributed by atoms with Crippen LogP contribution in [0, 0.1) is 0 Å². The maximum Gasteiger partial charge on any atom is 0.119 e. The predicted molar refractivity (Wildman–Crippen MR) is 120 cm³/mol. The summed E-state index contributed by atoms with van der Waals surface area (Å²) in [5, 5.41) is 9.72. The molecule has 3 nitrogen and oxygen atoms in total. The Kier molecular flexibility index (Phi) is 7.08. The van der Waals surface area contributed by atoms with E-state index in [9.17, 15) is 5.11 Å². The summed E-state index contributed by atoms with van der Waals surface area (Å²) in [6.45, 7) is 4.28. The zero-order valence-electron chi connectivity index (χ0n) is 17.3. The second-order valence-corrected chi connectivity index (χ2v) is 7.99. The van der Waals surface area contributed by atoms with Crippen LogP contribution in [-0.2, 0) is 12.8 Å². The van der Waals surface area contributed by atoms with Crippen molar-refractivity contribution in [1.82, 2.24) is 0 Å². The summed E-state index contributed by atoms with van der Waals surface area (Å²) in [6.07, 6.45) is 1.93. The van der Waals surface area contributed by atoms with Gasteiger partial charge in [0.25, 0.3) is 0 Å². The number of aryl methyl sites for hydroxylation is 1. The highest BCUT2D eigenvalue weighted by Crippen LogP contribution is 2.20. The summed E-state index contributed by atoms with van der Waals surface area (Å²) < 4.78 is 5.90. The third-order valence-corrected chi connectivity index (χ3v) is 5.55. The molecule has 0 aliphatic heterocycles. The Morgan fingerprint density at radius 2 is 1.38 bits per heavy atom. The Balaban J connectivity index is 1.46. The molecule has 0 saturated carbocycles. The molecule has 0 radical (unpaired) electrons. The SMILES string of the molecule is C[C@H](O)[C@](C)(N)CCc1ccc(OCCc2ccc(-c3ccccc3)cc2)cc1. The minimum absolute atomic E-state index is 0.521. The van der Waals surface area contributed by atoms with Crippen LogP contribution in [0.2, 0.25) is 0 Å². The molecule has 0 unspecified atom stereocenters. The van der Waals surface area contributed by atoms with Gasteiger partial charge in [-0.05, 0) is 61.1 Å². The standard InChI is InChI=1S/C26H31NO2/c1-20(28)26(2,27)18-16-21-10-14-25(15-11-21)29-19-17-22-8-12-24(13-9-22)23-6-4-3-5-7-23/h3-15,20,28H,16-19,27H2,1-2H3/t20-,26+/m0/s1. The van der Waals surface area contributed by atoms with Gasteiger partial charge in [-0.1, -0.05) is 66.7 Å². The molecule has 152 valence electrons. The molecule has 3 aromatic carbocycles. The van der Waals surface area contributed by atoms with Gasteiger partial charge in [-0.3, -0.25) is 0 Å². The largest absolute Gasteiger partial charge is 0.493 e. The normalized spacial score (nSPS) is 14.2. The van der Waals surface area contributed by atoms with Crippen molar-refractivity contribution in [3.8, 4) is 16.9 Å². The first-order valence-corrected chi connectivity index (χ1v) is 10.3. The molecule has 0 spiro atoms. The topological polar surface area (TPSA) is 55.5 Å². The molecule has 3 rings (SSSR count). The van der Waals surface area contributed by atoms with Crippen molar-refractivity contribution in [3.63, 3.8) is 0 Å². The number of hydrogen-bond donors (Lipinski definition) is 2. The zero-order valence-corrected chi connectivity index (χ0v) is 17.3. The van der Waals surface area contributed by atoms with Crippen LogP contribution in [-0.4, -0.2) is 23.4 Å². The third kappa shape index (κ3) is 6.18. The van der Waals surface area contributed by atoms with Crippen LogP contribution in [0.5, 0.6) is 5.75 Å². The highest BCUT2D eigenvalue weighted by Gasteiger charge is 2.24. The number of hydrogen-bond acceptors (Lipinski definition) is 3. The van der Waals surface area contributed by atoms with Gasteiger partial charge in [0.2, 0.25) is 0 Å². The molecular formula is C26H31NO2. The summed E-state index contributed by atoms with van der Waals surface area (Å²) in [7, 11) is 0. The lowest BCUT2D eigenvalue weighted by Gasteiger charge is -2.27. The first-order valence-electron chi connectivity index (χ1n) is 10.3. The average molecular weight is 390 g/mol. The molecule has 3 aromatic rings. The molecule has 3 N–H and O–H groups in total. The van der Waals surface area contributed by atoms with E-state index in [4.69, 9.17) is 10.5 Å². The van der Waals surface area contributed by atoms with Crippen LogP contribution in [0.3, 0.4) is 0 Å². The number of aliphatic hydroxyl groups is 1. The monoisotopic (exact) mass is 389 g/mol. The minimum atomic E-state index is -0.564. The molecular weight excluding hydrogens is 358 g/mol. The van der Waals surface area contributed by atoms with Gasteiger partial charge >= 0.3 is 0 Å². The predicted octanol–water partition coefficient (Wildman–Crippen LogP) is 5.01. The van der Waals surface area contributed by atoms with Crippen molar-refractivity contribution in [2.24, 2.45) is 5.73 Å². The van der Waals surface area contributed by atoms with Crippen LogP contribution in [0.1, 0.15) is 31.4 Å². The van der Waals surface area contributed by atoms with Gasteiger partial charge in [0, 0.05) is 12.0 Å². The number of benzene rings is 3. The fraction of sp³-hybridized carbons (Fsp3) is 0.308. The van der Waals surface area contributed by atoms with Crippen LogP contribution >= 0.6 is 0 Å². The molecule has 0 bridgehead atoms. The fourth-order valence-corrected chi connectivity index (χ4v) is 3.16. The molecule has 0 amide bonds. The lowest BCUT2D eigenvalue weighted by atomic mass is 9.90. The van der Waals surface area contributed by atoms with Gasteiger partial charge in [-0.2, -0.15) is 0 Å². The first kappa shape index (κ1) is 21.1. The molecule has 0 aliphatic carbocycles. The Morgan fingerprint density at radius 1 is 0.828 bits per heavy atom. The van der Waals surface area contributed by atoms with Gasteiger partial charge in [0.1, 0.15) is 5.75 Å². The van der Waals surface area contributed by atoms with E-state index in [1.807, 2.05) is 25.1 Å². The van der Waals surface area contributed by atoms with E-state index in [-0.39, 0.29) is 0 Å². The second-order valence-electron chi connectivity index (χ2n) is 7.99. The van der Waals surface area contributed by atoms with Crippen LogP contribution in [0.4, 0.5) is 0 Å². The van der Waals surface area contributed by atoms with Gasteiger partial charge in [0.15, 0.2) is 0 Å². The van der Waals surface area contributed by atoms with Gasteiger partial charge in [-0.25, -0.2) is 0 Å². The molecule has 0 saturated heterocycles. The molecule has 2 atom stereocenters. The van der Waals surface area contributed by atoms with Crippen LogP contribution in [0.25, 0.3) is 11.1 Å². The Labute approximate surface area is 174 Å². The Bertz CT molecular complexity index is 869. The van der Waals surface area contributed by atoms with Crippen molar-refractivity contribution in [3.05, 3.63) is 90.0 Å². The summed E-state index contributed by atoms with van der Waals surface area (Å²) in [5.74, 6) is 0.876. The summed E-state index contributed by atoms with van der Waals surface area (Å²) >= 11 is 0. The highest BCUT2D eigenvalue weighted by atomic mass is 16.5. The minimum Gasteiger partial charge on any atom is -0.493 e. The number of nitrogens with two attached hydrogens (primary N) is 1. The maximum absolute atomic E-state index is 9.72. The van der Waals surface area contributed by atoms with Gasteiger partial charge in [-0.15, -0.1) is 0 Å². The van der Waals surface area contributed by atoms with Crippen molar-refractivity contribution >= 4 is 0 Å². The van der Waals surface area contributed by atoms with E-state index in [0.29, 0.717) is 6.61 Å². The smallest absolute Gasteiger partial charge is 0.119 e. The molecule has 0 aromatic heterocycles.